The largest absolute Gasteiger partial charge is 0.426 e. The lowest BCUT2D eigenvalue weighted by Gasteiger charge is -2.22. The zero-order valence-corrected chi connectivity index (χ0v) is 47.1. The fraction of sp³-hybridized carbons (Fsp3) is 0.677. The minimum absolute atomic E-state index is 0.0481. The van der Waals surface area contributed by atoms with Crippen LogP contribution in [-0.2, 0) is 19.2 Å². The van der Waals surface area contributed by atoms with Crippen LogP contribution >= 0.6 is 0 Å². The SMILES string of the molecule is CCCCCCCCCCCC(=O)Oc1c(OC(=O)CCCCCCCCCCC)c(OC(=O)CCCCCCCCCCC)c2c(OC(=O)CCCCCCCCCCC)cccc2c1C(=O)c1ccccc1. The molecule has 9 heteroatoms. The zero-order valence-electron chi connectivity index (χ0n) is 47.1. The van der Waals surface area contributed by atoms with Gasteiger partial charge in [0.2, 0.25) is 5.75 Å². The highest BCUT2D eigenvalue weighted by molar-refractivity contribution is 6.21. The number of benzene rings is 3. The van der Waals surface area contributed by atoms with Crippen molar-refractivity contribution < 1.29 is 42.9 Å². The van der Waals surface area contributed by atoms with Crippen molar-refractivity contribution in [3.05, 3.63) is 59.7 Å². The number of fused-ring (bicyclic) bond motifs is 1. The molecule has 0 radical (unpaired) electrons. The lowest BCUT2D eigenvalue weighted by Crippen LogP contribution is -2.18. The van der Waals surface area contributed by atoms with E-state index in [4.69, 9.17) is 18.9 Å². The van der Waals surface area contributed by atoms with E-state index in [1.54, 1.807) is 42.5 Å². The molecule has 0 aliphatic rings. The number of carbonyl (C=O) groups is 5. The molecule has 0 aliphatic heterocycles. The molecule has 0 amide bonds. The van der Waals surface area contributed by atoms with E-state index < -0.39 is 29.7 Å². The van der Waals surface area contributed by atoms with Crippen molar-refractivity contribution in [1.82, 2.24) is 0 Å². The Balaban J connectivity index is 2.08. The Hall–Kier alpha value is -4.53. The van der Waals surface area contributed by atoms with E-state index in [-0.39, 0.29) is 65.0 Å². The second kappa shape index (κ2) is 41.7. The molecule has 74 heavy (non-hydrogen) atoms. The first-order valence-corrected chi connectivity index (χ1v) is 30.3. The van der Waals surface area contributed by atoms with Crippen LogP contribution in [0.3, 0.4) is 0 Å². The number of unbranched alkanes of at least 4 members (excludes halogenated alkanes) is 32. The Morgan fingerprint density at radius 2 is 0.622 bits per heavy atom. The molecule has 0 bridgehead atoms. The molecule has 0 aliphatic carbocycles. The van der Waals surface area contributed by atoms with Crippen molar-refractivity contribution in [2.45, 2.75) is 285 Å². The third-order valence-corrected chi connectivity index (χ3v) is 14.2. The van der Waals surface area contributed by atoms with Gasteiger partial charge in [-0.25, -0.2) is 0 Å². The summed E-state index contributed by atoms with van der Waals surface area (Å²) >= 11 is 0. The summed E-state index contributed by atoms with van der Waals surface area (Å²) in [6, 6.07) is 13.6. The number of carbonyl (C=O) groups excluding carboxylic acids is 5. The Morgan fingerprint density at radius 1 is 0.311 bits per heavy atom. The predicted molar refractivity (Wildman–Crippen MR) is 304 cm³/mol. The molecule has 0 N–H and O–H groups in total. The molecule has 0 atom stereocenters. The Labute approximate surface area is 448 Å². The molecule has 0 fully saturated rings. The van der Waals surface area contributed by atoms with E-state index >= 15 is 4.79 Å². The maximum absolute atomic E-state index is 15.0. The second-order valence-corrected chi connectivity index (χ2v) is 20.9. The maximum Gasteiger partial charge on any atom is 0.311 e. The Morgan fingerprint density at radius 3 is 0.986 bits per heavy atom. The maximum atomic E-state index is 15.0. The summed E-state index contributed by atoms with van der Waals surface area (Å²) in [5, 5.41) is 0.361. The van der Waals surface area contributed by atoms with Gasteiger partial charge in [0.05, 0.1) is 10.9 Å². The van der Waals surface area contributed by atoms with Gasteiger partial charge < -0.3 is 18.9 Å². The molecule has 3 aromatic carbocycles. The normalized spacial score (nSPS) is 11.2. The first kappa shape index (κ1) is 63.8. The van der Waals surface area contributed by atoms with Crippen molar-refractivity contribution in [3.63, 3.8) is 0 Å². The van der Waals surface area contributed by atoms with Crippen molar-refractivity contribution in [2.75, 3.05) is 0 Å². The summed E-state index contributed by atoms with van der Waals surface area (Å²) in [5.74, 6) is -3.51. The topological polar surface area (TPSA) is 122 Å². The zero-order chi connectivity index (χ0) is 53.3. The van der Waals surface area contributed by atoms with Gasteiger partial charge in [0.1, 0.15) is 5.75 Å². The van der Waals surface area contributed by atoms with E-state index in [9.17, 15) is 19.2 Å². The van der Waals surface area contributed by atoms with Crippen LogP contribution in [0.2, 0.25) is 0 Å². The minimum Gasteiger partial charge on any atom is -0.426 e. The third-order valence-electron chi connectivity index (χ3n) is 14.2. The first-order valence-electron chi connectivity index (χ1n) is 30.3. The molecule has 0 unspecified atom stereocenters. The Kier molecular flexibility index (Phi) is 35.9. The van der Waals surface area contributed by atoms with Crippen LogP contribution in [0.15, 0.2) is 48.5 Å². The van der Waals surface area contributed by atoms with Gasteiger partial charge in [-0.3, -0.25) is 24.0 Å². The predicted octanol–water partition coefficient (Wildman–Crippen LogP) is 19.4. The lowest BCUT2D eigenvalue weighted by atomic mass is 9.94. The van der Waals surface area contributed by atoms with Crippen LogP contribution in [0.25, 0.3) is 10.8 Å². The molecule has 3 rings (SSSR count). The number of hydrogen-bond acceptors (Lipinski definition) is 9. The smallest absolute Gasteiger partial charge is 0.311 e. The van der Waals surface area contributed by atoms with Crippen molar-refractivity contribution in [3.8, 4) is 23.0 Å². The second-order valence-electron chi connectivity index (χ2n) is 20.9. The molecule has 0 heterocycles. The van der Waals surface area contributed by atoms with Crippen LogP contribution < -0.4 is 18.9 Å². The van der Waals surface area contributed by atoms with Gasteiger partial charge in [-0.15, -0.1) is 0 Å². The molecular weight excluding hydrogens is 925 g/mol. The molecule has 414 valence electrons. The first-order chi connectivity index (χ1) is 36.2. The number of hydrogen-bond donors (Lipinski definition) is 0. The third kappa shape index (κ3) is 26.8. The minimum atomic E-state index is -0.613. The van der Waals surface area contributed by atoms with E-state index in [0.717, 1.165) is 89.9 Å². The molecule has 0 spiro atoms. The molecule has 0 saturated carbocycles. The monoisotopic (exact) mass is 1020 g/mol. The highest BCUT2D eigenvalue weighted by atomic mass is 16.6. The summed E-state index contributed by atoms with van der Waals surface area (Å²) in [6.07, 6.45) is 39.0. The molecule has 9 nitrogen and oxygen atoms in total. The number of esters is 4. The van der Waals surface area contributed by atoms with E-state index in [2.05, 4.69) is 27.7 Å². The number of ether oxygens (including phenoxy) is 4. The quantitative estimate of drug-likeness (QED) is 0.0236. The molecular formula is C65H100O9. The van der Waals surface area contributed by atoms with Crippen LogP contribution in [0.4, 0.5) is 0 Å². The van der Waals surface area contributed by atoms with Gasteiger partial charge in [-0.1, -0.05) is 276 Å². The van der Waals surface area contributed by atoms with E-state index in [0.29, 0.717) is 31.2 Å². The highest BCUT2D eigenvalue weighted by Gasteiger charge is 2.34. The van der Waals surface area contributed by atoms with Crippen molar-refractivity contribution >= 4 is 40.4 Å². The average Bonchev–Trinajstić information content (AvgIpc) is 3.40. The number of ketones is 1. The Bertz CT molecular complexity index is 2010. The van der Waals surface area contributed by atoms with E-state index in [1.165, 1.54) is 116 Å². The fourth-order valence-corrected chi connectivity index (χ4v) is 9.75. The van der Waals surface area contributed by atoms with Gasteiger partial charge in [-0.2, -0.15) is 0 Å². The van der Waals surface area contributed by atoms with Crippen LogP contribution in [-0.4, -0.2) is 29.7 Å². The summed E-state index contributed by atoms with van der Waals surface area (Å²) in [7, 11) is 0. The average molecular weight is 1030 g/mol. The molecule has 3 aromatic rings. The van der Waals surface area contributed by atoms with Crippen molar-refractivity contribution in [2.24, 2.45) is 0 Å². The molecule has 0 saturated heterocycles. The van der Waals surface area contributed by atoms with Gasteiger partial charge >= 0.3 is 23.9 Å². The summed E-state index contributed by atoms with van der Waals surface area (Å²) < 4.78 is 25.1. The van der Waals surface area contributed by atoms with Gasteiger partial charge in [-0.05, 0) is 31.7 Å². The van der Waals surface area contributed by atoms with Crippen molar-refractivity contribution in [1.29, 1.82) is 0 Å². The fourth-order valence-electron chi connectivity index (χ4n) is 9.75. The van der Waals surface area contributed by atoms with E-state index in [1.807, 2.05) is 6.07 Å². The van der Waals surface area contributed by atoms with Crippen LogP contribution in [0.5, 0.6) is 23.0 Å². The number of rotatable bonds is 46. The standard InChI is InChI=1S/C65H100O9/c1-5-9-13-17-21-25-29-33-40-49-56(66)71-55-48-44-47-54-60(55)63(72-57(67)50-41-34-30-26-22-18-14-10-6-2)65(74-59(69)52-43-36-32-28-24-20-16-12-8-4)64(61(54)62(70)53-45-38-37-39-46-53)73-58(68)51-42-35-31-27-23-19-15-11-7-3/h37-39,44-48H,5-36,40-43,49-52H2,1-4H3. The van der Waals surface area contributed by atoms with Gasteiger partial charge in [0, 0.05) is 36.6 Å². The van der Waals surface area contributed by atoms with Crippen LogP contribution in [0.1, 0.15) is 300 Å². The van der Waals surface area contributed by atoms with Crippen LogP contribution in [0, 0.1) is 0 Å². The highest BCUT2D eigenvalue weighted by Crippen LogP contribution is 2.51. The lowest BCUT2D eigenvalue weighted by molar-refractivity contribution is -0.138. The summed E-state index contributed by atoms with van der Waals surface area (Å²) in [4.78, 5) is 71.1. The summed E-state index contributed by atoms with van der Waals surface area (Å²) in [6.45, 7) is 8.86. The van der Waals surface area contributed by atoms with Gasteiger partial charge in [0.25, 0.3) is 0 Å². The summed E-state index contributed by atoms with van der Waals surface area (Å²) in [5.41, 5.74) is 0.257. The molecule has 0 aromatic heterocycles. The van der Waals surface area contributed by atoms with Gasteiger partial charge in [0.15, 0.2) is 17.3 Å².